The lowest BCUT2D eigenvalue weighted by atomic mass is 9.89. The Bertz CT molecular complexity index is 284. The van der Waals surface area contributed by atoms with Gasteiger partial charge in [-0.3, -0.25) is 4.79 Å². The molecule has 1 amide bonds. The van der Waals surface area contributed by atoms with Gasteiger partial charge in [0.1, 0.15) is 0 Å². The molecule has 0 radical (unpaired) electrons. The average Bonchev–Trinajstić information content (AvgIpc) is 2.32. The van der Waals surface area contributed by atoms with Gasteiger partial charge >= 0.3 is 0 Å². The fraction of sp³-hybridized carbons (Fsp3) is 0.938. The van der Waals surface area contributed by atoms with E-state index >= 15 is 0 Å². The smallest absolute Gasteiger partial charge is 0.223 e. The second-order valence-electron chi connectivity index (χ2n) is 6.59. The van der Waals surface area contributed by atoms with Gasteiger partial charge in [-0.15, -0.1) is 0 Å². The van der Waals surface area contributed by atoms with Gasteiger partial charge in [0, 0.05) is 24.0 Å². The number of hydrogen-bond donors (Lipinski definition) is 2. The molecule has 3 nitrogen and oxygen atoms in total. The molecule has 0 spiro atoms. The molecule has 110 valence electrons. The van der Waals surface area contributed by atoms with E-state index < -0.39 is 0 Å². The lowest BCUT2D eigenvalue weighted by molar-refractivity contribution is -0.126. The summed E-state index contributed by atoms with van der Waals surface area (Å²) in [7, 11) is 0. The monoisotopic (exact) mass is 266 g/mol. The number of hydrogen-bond acceptors (Lipinski definition) is 2. The van der Waals surface area contributed by atoms with E-state index in [0.29, 0.717) is 24.0 Å². The molecule has 0 aromatic carbocycles. The summed E-state index contributed by atoms with van der Waals surface area (Å²) in [5, 5.41) is 6.85. The minimum Gasteiger partial charge on any atom is -0.352 e. The van der Waals surface area contributed by atoms with Crippen molar-refractivity contribution in [1.29, 1.82) is 0 Å². The van der Waals surface area contributed by atoms with Crippen molar-refractivity contribution in [3.8, 4) is 0 Å². The quantitative estimate of drug-likeness (QED) is 0.806. The van der Waals surface area contributed by atoms with Crippen LogP contribution in [0.3, 0.4) is 0 Å². The summed E-state index contributed by atoms with van der Waals surface area (Å²) in [6.45, 7) is 4.42. The van der Waals surface area contributed by atoms with Gasteiger partial charge < -0.3 is 10.6 Å². The summed E-state index contributed by atoms with van der Waals surface area (Å²) in [4.78, 5) is 12.4. The zero-order valence-corrected chi connectivity index (χ0v) is 12.6. The van der Waals surface area contributed by atoms with Crippen molar-refractivity contribution < 1.29 is 4.79 Å². The molecule has 3 heteroatoms. The van der Waals surface area contributed by atoms with Crippen molar-refractivity contribution >= 4 is 5.91 Å². The Morgan fingerprint density at radius 2 is 1.58 bits per heavy atom. The van der Waals surface area contributed by atoms with Gasteiger partial charge in [-0.2, -0.15) is 0 Å². The minimum absolute atomic E-state index is 0.270. The van der Waals surface area contributed by atoms with Crippen molar-refractivity contribution in [2.75, 3.05) is 0 Å². The molecule has 0 aromatic heterocycles. The first-order valence-corrected chi connectivity index (χ1v) is 8.23. The number of carbonyl (C=O) groups is 1. The molecular formula is C16H30N2O. The fourth-order valence-corrected chi connectivity index (χ4v) is 3.54. The molecule has 2 rings (SSSR count). The molecule has 2 fully saturated rings. The molecule has 3 unspecified atom stereocenters. The number of amides is 1. The van der Waals surface area contributed by atoms with Gasteiger partial charge in [0.2, 0.25) is 5.91 Å². The number of carbonyl (C=O) groups excluding carboxylic acids is 1. The van der Waals surface area contributed by atoms with E-state index in [-0.39, 0.29) is 5.92 Å². The Morgan fingerprint density at radius 3 is 2.21 bits per heavy atom. The topological polar surface area (TPSA) is 41.1 Å². The maximum absolute atomic E-state index is 12.4. The van der Waals surface area contributed by atoms with Crippen molar-refractivity contribution in [2.24, 2.45) is 5.92 Å². The Kier molecular flexibility index (Phi) is 5.68. The van der Waals surface area contributed by atoms with Gasteiger partial charge in [-0.05, 0) is 39.5 Å². The van der Waals surface area contributed by atoms with Gasteiger partial charge in [0.15, 0.2) is 0 Å². The number of piperidine rings is 1. The fourth-order valence-electron chi connectivity index (χ4n) is 3.54. The van der Waals surface area contributed by atoms with E-state index in [1.54, 1.807) is 0 Å². The maximum atomic E-state index is 12.4. The van der Waals surface area contributed by atoms with Crippen LogP contribution in [0.1, 0.15) is 71.6 Å². The van der Waals surface area contributed by atoms with E-state index in [1.807, 2.05) is 0 Å². The average molecular weight is 266 g/mol. The lowest BCUT2D eigenvalue weighted by Gasteiger charge is -2.35. The summed E-state index contributed by atoms with van der Waals surface area (Å²) in [5.74, 6) is 0.585. The standard InChI is InChI=1S/C16H30N2O/c1-12-10-11-15(13(2)17-12)18-16(19)14-8-6-4-3-5-7-9-14/h12-15,17H,3-11H2,1-2H3,(H,18,19). The molecule has 2 aliphatic rings. The van der Waals surface area contributed by atoms with Crippen LogP contribution in [0, 0.1) is 5.92 Å². The first-order valence-electron chi connectivity index (χ1n) is 8.23. The highest BCUT2D eigenvalue weighted by atomic mass is 16.1. The molecule has 0 aromatic rings. The van der Waals surface area contributed by atoms with Crippen LogP contribution in [0.2, 0.25) is 0 Å². The third-order valence-electron chi connectivity index (χ3n) is 4.87. The van der Waals surface area contributed by atoms with Crippen molar-refractivity contribution in [1.82, 2.24) is 10.6 Å². The molecule has 3 atom stereocenters. The summed E-state index contributed by atoms with van der Waals surface area (Å²) >= 11 is 0. The third-order valence-corrected chi connectivity index (χ3v) is 4.87. The minimum atomic E-state index is 0.270. The molecule has 1 saturated heterocycles. The van der Waals surface area contributed by atoms with Crippen molar-refractivity contribution in [2.45, 2.75) is 89.8 Å². The summed E-state index contributed by atoms with van der Waals surface area (Å²) in [6, 6.07) is 1.32. The van der Waals surface area contributed by atoms with Gasteiger partial charge in [0.25, 0.3) is 0 Å². The Morgan fingerprint density at radius 1 is 0.947 bits per heavy atom. The highest BCUT2D eigenvalue weighted by Crippen LogP contribution is 2.23. The third kappa shape index (κ3) is 4.48. The molecule has 1 heterocycles. The Labute approximate surface area is 117 Å². The highest BCUT2D eigenvalue weighted by Gasteiger charge is 2.28. The van der Waals surface area contributed by atoms with E-state index in [4.69, 9.17) is 0 Å². The molecule has 19 heavy (non-hydrogen) atoms. The molecule has 1 aliphatic heterocycles. The van der Waals surface area contributed by atoms with E-state index in [2.05, 4.69) is 24.5 Å². The maximum Gasteiger partial charge on any atom is 0.223 e. The van der Waals surface area contributed by atoms with Gasteiger partial charge in [0.05, 0.1) is 0 Å². The normalized spacial score (nSPS) is 34.3. The van der Waals surface area contributed by atoms with Crippen molar-refractivity contribution in [3.63, 3.8) is 0 Å². The number of nitrogens with one attached hydrogen (secondary N) is 2. The van der Waals surface area contributed by atoms with E-state index in [1.165, 1.54) is 38.5 Å². The number of rotatable bonds is 2. The SMILES string of the molecule is CC1CCC(NC(=O)C2CCCCCCC2)C(C)N1. The van der Waals surface area contributed by atoms with Crippen LogP contribution in [0.25, 0.3) is 0 Å². The summed E-state index contributed by atoms with van der Waals surface area (Å²) in [6.07, 6.45) is 10.9. The predicted molar refractivity (Wildman–Crippen MR) is 79.0 cm³/mol. The van der Waals surface area contributed by atoms with Gasteiger partial charge in [-0.1, -0.05) is 32.1 Å². The first-order chi connectivity index (χ1) is 9.16. The van der Waals surface area contributed by atoms with Crippen LogP contribution in [0.4, 0.5) is 0 Å². The first kappa shape index (κ1) is 14.8. The molecule has 1 aliphatic carbocycles. The summed E-state index contributed by atoms with van der Waals surface area (Å²) < 4.78 is 0. The Hall–Kier alpha value is -0.570. The second kappa shape index (κ2) is 7.28. The van der Waals surface area contributed by atoms with E-state index in [9.17, 15) is 4.79 Å². The molecular weight excluding hydrogens is 236 g/mol. The predicted octanol–water partition coefficient (Wildman–Crippen LogP) is 2.99. The second-order valence-corrected chi connectivity index (χ2v) is 6.59. The Balaban J connectivity index is 1.81. The molecule has 0 bridgehead atoms. The van der Waals surface area contributed by atoms with Gasteiger partial charge in [-0.25, -0.2) is 0 Å². The van der Waals surface area contributed by atoms with Crippen LogP contribution in [0.5, 0.6) is 0 Å². The highest BCUT2D eigenvalue weighted by molar-refractivity contribution is 5.79. The molecule has 1 saturated carbocycles. The van der Waals surface area contributed by atoms with Crippen molar-refractivity contribution in [3.05, 3.63) is 0 Å². The van der Waals surface area contributed by atoms with E-state index in [0.717, 1.165) is 19.3 Å². The van der Waals surface area contributed by atoms with Crippen LogP contribution < -0.4 is 10.6 Å². The van der Waals surface area contributed by atoms with Crippen LogP contribution in [-0.2, 0) is 4.79 Å². The molecule has 2 N–H and O–H groups in total. The zero-order valence-electron chi connectivity index (χ0n) is 12.6. The zero-order chi connectivity index (χ0) is 13.7. The van der Waals surface area contributed by atoms with Crippen LogP contribution >= 0.6 is 0 Å². The summed E-state index contributed by atoms with van der Waals surface area (Å²) in [5.41, 5.74) is 0. The van der Waals surface area contributed by atoms with Crippen LogP contribution in [0.15, 0.2) is 0 Å². The largest absolute Gasteiger partial charge is 0.352 e. The lowest BCUT2D eigenvalue weighted by Crippen LogP contribution is -2.55. The van der Waals surface area contributed by atoms with Crippen LogP contribution in [-0.4, -0.2) is 24.0 Å².